The molecule has 3 aromatic rings. The van der Waals surface area contributed by atoms with Crippen molar-refractivity contribution < 1.29 is 29.4 Å². The molecular weight excluding hydrogens is 440 g/mol. The van der Waals surface area contributed by atoms with E-state index >= 15 is 0 Å². The van der Waals surface area contributed by atoms with E-state index in [2.05, 4.69) is 20.6 Å². The van der Waals surface area contributed by atoms with Crippen molar-refractivity contribution in [3.05, 3.63) is 95.6 Å². The summed E-state index contributed by atoms with van der Waals surface area (Å²) in [5.41, 5.74) is 1.47. The van der Waals surface area contributed by atoms with E-state index in [-0.39, 0.29) is 24.2 Å². The van der Waals surface area contributed by atoms with Crippen molar-refractivity contribution in [2.45, 2.75) is 24.9 Å². The van der Waals surface area contributed by atoms with Crippen LogP contribution in [0.2, 0.25) is 0 Å². The van der Waals surface area contributed by atoms with Crippen LogP contribution in [0, 0.1) is 0 Å². The van der Waals surface area contributed by atoms with Gasteiger partial charge in [0.1, 0.15) is 23.5 Å². The molecule has 2 amide bonds. The van der Waals surface area contributed by atoms with Gasteiger partial charge in [0.05, 0.1) is 0 Å². The van der Waals surface area contributed by atoms with Crippen molar-refractivity contribution >= 4 is 23.8 Å². The predicted octanol–water partition coefficient (Wildman–Crippen LogP) is 1.33. The Morgan fingerprint density at radius 1 is 0.647 bits per heavy atom. The standard InChI is InChI=1S/C24H22N4O6/c29-21(17-5-1-3-11-25-17)27-19(23(31)32)13-15-7-9-16(10-8-15)14-20(24(33)34)28-22(30)18-6-2-4-12-26-18/h1-12,19-20H,13-14H2,(H,27,29)(H,28,30)(H,31,32)(H,33,34)/t19-,20-/m1/s1. The number of nitrogens with zero attached hydrogens (tertiary/aromatic N) is 2. The number of pyridine rings is 2. The van der Waals surface area contributed by atoms with Gasteiger partial charge in [0.2, 0.25) is 0 Å². The summed E-state index contributed by atoms with van der Waals surface area (Å²) in [5, 5.41) is 23.9. The van der Waals surface area contributed by atoms with E-state index in [4.69, 9.17) is 0 Å². The highest BCUT2D eigenvalue weighted by Crippen LogP contribution is 2.11. The Hall–Kier alpha value is -4.60. The van der Waals surface area contributed by atoms with Crippen molar-refractivity contribution in [3.8, 4) is 0 Å². The van der Waals surface area contributed by atoms with Gasteiger partial charge in [0.15, 0.2) is 0 Å². The molecule has 34 heavy (non-hydrogen) atoms. The fourth-order valence-electron chi connectivity index (χ4n) is 3.14. The normalized spacial score (nSPS) is 12.2. The molecule has 0 spiro atoms. The van der Waals surface area contributed by atoms with Crippen molar-refractivity contribution in [2.24, 2.45) is 0 Å². The molecule has 3 rings (SSSR count). The highest BCUT2D eigenvalue weighted by molar-refractivity contribution is 5.95. The third-order valence-corrected chi connectivity index (χ3v) is 4.90. The van der Waals surface area contributed by atoms with Gasteiger partial charge in [-0.25, -0.2) is 9.59 Å². The van der Waals surface area contributed by atoms with E-state index in [0.29, 0.717) is 11.1 Å². The number of benzene rings is 1. The SMILES string of the molecule is O=C(N[C@H](Cc1ccc(C[C@@H](NC(=O)c2ccccn2)C(=O)O)cc1)C(=O)O)c1ccccn1. The van der Waals surface area contributed by atoms with E-state index in [9.17, 15) is 29.4 Å². The van der Waals surface area contributed by atoms with Gasteiger partial charge in [-0.3, -0.25) is 19.6 Å². The summed E-state index contributed by atoms with van der Waals surface area (Å²) >= 11 is 0. The monoisotopic (exact) mass is 462 g/mol. The van der Waals surface area contributed by atoms with Crippen LogP contribution in [0.3, 0.4) is 0 Å². The second-order valence-electron chi connectivity index (χ2n) is 7.38. The summed E-state index contributed by atoms with van der Waals surface area (Å²) in [5.74, 6) is -3.59. The summed E-state index contributed by atoms with van der Waals surface area (Å²) in [6, 6.07) is 13.7. The third kappa shape index (κ3) is 6.70. The Labute approximate surface area is 194 Å². The first-order chi connectivity index (χ1) is 16.3. The molecule has 4 N–H and O–H groups in total. The summed E-state index contributed by atoms with van der Waals surface area (Å²) < 4.78 is 0. The maximum atomic E-state index is 12.2. The number of carboxylic acid groups (broad SMARTS) is 2. The zero-order valence-electron chi connectivity index (χ0n) is 17.9. The van der Waals surface area contributed by atoms with Crippen molar-refractivity contribution in [2.75, 3.05) is 0 Å². The average Bonchev–Trinajstić information content (AvgIpc) is 2.85. The lowest BCUT2D eigenvalue weighted by atomic mass is 10.0. The molecule has 0 fully saturated rings. The molecular formula is C24H22N4O6. The van der Waals surface area contributed by atoms with Gasteiger partial charge in [-0.2, -0.15) is 0 Å². The van der Waals surface area contributed by atoms with Crippen molar-refractivity contribution in [1.29, 1.82) is 0 Å². The molecule has 0 aliphatic carbocycles. The molecule has 1 aromatic carbocycles. The van der Waals surface area contributed by atoms with Crippen molar-refractivity contribution in [3.63, 3.8) is 0 Å². The van der Waals surface area contributed by atoms with Crippen LogP contribution in [0.5, 0.6) is 0 Å². The Morgan fingerprint density at radius 2 is 1.03 bits per heavy atom. The molecule has 0 aliphatic heterocycles. The minimum atomic E-state index is -1.20. The maximum Gasteiger partial charge on any atom is 0.326 e. The van der Waals surface area contributed by atoms with E-state index in [1.807, 2.05) is 0 Å². The van der Waals surface area contributed by atoms with Crippen LogP contribution in [-0.2, 0) is 22.4 Å². The number of aliphatic carboxylic acids is 2. The van der Waals surface area contributed by atoms with Gasteiger partial charge in [0.25, 0.3) is 11.8 Å². The quantitative estimate of drug-likeness (QED) is 0.351. The number of amides is 2. The molecule has 0 saturated carbocycles. The largest absolute Gasteiger partial charge is 0.480 e. The highest BCUT2D eigenvalue weighted by atomic mass is 16.4. The minimum Gasteiger partial charge on any atom is -0.480 e. The van der Waals surface area contributed by atoms with E-state index in [1.165, 1.54) is 24.5 Å². The Balaban J connectivity index is 1.63. The number of hydrogen-bond donors (Lipinski definition) is 4. The van der Waals surface area contributed by atoms with Gasteiger partial charge in [-0.05, 0) is 35.4 Å². The Kier molecular flexibility index (Phi) is 8.01. The van der Waals surface area contributed by atoms with Crippen molar-refractivity contribution in [1.82, 2.24) is 20.6 Å². The Bertz CT molecular complexity index is 1060. The van der Waals surface area contributed by atoms with Crippen LogP contribution in [0.25, 0.3) is 0 Å². The number of hydrogen-bond acceptors (Lipinski definition) is 6. The van der Waals surface area contributed by atoms with Gasteiger partial charge in [-0.15, -0.1) is 0 Å². The molecule has 10 heteroatoms. The van der Waals surface area contributed by atoms with Gasteiger partial charge in [0, 0.05) is 25.2 Å². The van der Waals surface area contributed by atoms with Crippen LogP contribution < -0.4 is 10.6 Å². The van der Waals surface area contributed by atoms with Gasteiger partial charge >= 0.3 is 11.9 Å². The maximum absolute atomic E-state index is 12.2. The molecule has 10 nitrogen and oxygen atoms in total. The molecule has 2 aromatic heterocycles. The minimum absolute atomic E-state index is 0.0208. The summed E-state index contributed by atoms with van der Waals surface area (Å²) in [7, 11) is 0. The van der Waals surface area contributed by atoms with Gasteiger partial charge < -0.3 is 20.8 Å². The van der Waals surface area contributed by atoms with Crippen LogP contribution >= 0.6 is 0 Å². The summed E-state index contributed by atoms with van der Waals surface area (Å²) in [6.45, 7) is 0. The first-order valence-corrected chi connectivity index (χ1v) is 10.3. The molecule has 0 saturated heterocycles. The number of carboxylic acids is 2. The molecule has 0 unspecified atom stereocenters. The zero-order chi connectivity index (χ0) is 24.5. The number of aromatic nitrogens is 2. The number of nitrogens with one attached hydrogen (secondary N) is 2. The lowest BCUT2D eigenvalue weighted by molar-refractivity contribution is -0.140. The lowest BCUT2D eigenvalue weighted by Gasteiger charge is -2.16. The highest BCUT2D eigenvalue weighted by Gasteiger charge is 2.23. The molecule has 0 aliphatic rings. The average molecular weight is 462 g/mol. The second kappa shape index (κ2) is 11.3. The zero-order valence-corrected chi connectivity index (χ0v) is 17.9. The van der Waals surface area contributed by atoms with Crippen LogP contribution in [0.15, 0.2) is 73.1 Å². The smallest absolute Gasteiger partial charge is 0.326 e. The third-order valence-electron chi connectivity index (χ3n) is 4.90. The molecule has 0 bridgehead atoms. The van der Waals surface area contributed by atoms with E-state index in [0.717, 1.165) is 0 Å². The lowest BCUT2D eigenvalue weighted by Crippen LogP contribution is -2.42. The topological polar surface area (TPSA) is 159 Å². The van der Waals surface area contributed by atoms with Crippen LogP contribution in [0.4, 0.5) is 0 Å². The number of rotatable bonds is 10. The summed E-state index contributed by atoms with van der Waals surface area (Å²) in [6.07, 6.45) is 2.92. The second-order valence-corrected chi connectivity index (χ2v) is 7.38. The fourth-order valence-corrected chi connectivity index (χ4v) is 3.14. The van der Waals surface area contributed by atoms with Crippen LogP contribution in [-0.4, -0.2) is 56.0 Å². The number of carbonyl (C=O) groups is 4. The van der Waals surface area contributed by atoms with E-state index in [1.54, 1.807) is 48.5 Å². The first-order valence-electron chi connectivity index (χ1n) is 10.3. The van der Waals surface area contributed by atoms with Gasteiger partial charge in [-0.1, -0.05) is 36.4 Å². The van der Waals surface area contributed by atoms with Crippen LogP contribution in [0.1, 0.15) is 32.1 Å². The summed E-state index contributed by atoms with van der Waals surface area (Å²) in [4.78, 5) is 55.6. The molecule has 2 atom stereocenters. The Morgan fingerprint density at radius 3 is 1.32 bits per heavy atom. The number of carbonyl (C=O) groups excluding carboxylic acids is 2. The molecule has 2 heterocycles. The predicted molar refractivity (Wildman–Crippen MR) is 120 cm³/mol. The molecule has 174 valence electrons. The molecule has 0 radical (unpaired) electrons. The fraction of sp³-hybridized carbons (Fsp3) is 0.167. The first kappa shape index (κ1) is 24.1. The van der Waals surface area contributed by atoms with E-state index < -0.39 is 35.8 Å².